The van der Waals surface area contributed by atoms with Crippen molar-refractivity contribution in [2.45, 2.75) is 12.0 Å². The highest BCUT2D eigenvalue weighted by atomic mass is 16.5. The first kappa shape index (κ1) is 21.3. The van der Waals surface area contributed by atoms with Gasteiger partial charge in [-0.15, -0.1) is 0 Å². The van der Waals surface area contributed by atoms with E-state index < -0.39 is 6.10 Å². The molecule has 1 aliphatic rings. The molecule has 6 nitrogen and oxygen atoms in total. The Morgan fingerprint density at radius 1 is 0.529 bits per heavy atom. The van der Waals surface area contributed by atoms with Crippen molar-refractivity contribution in [1.29, 1.82) is 0 Å². The van der Waals surface area contributed by atoms with Crippen molar-refractivity contribution in [3.05, 3.63) is 107 Å². The number of hydrogen-bond donors (Lipinski definition) is 5. The second-order valence-electron chi connectivity index (χ2n) is 8.30. The molecule has 6 heteroatoms. The lowest BCUT2D eigenvalue weighted by atomic mass is 9.84. The fourth-order valence-electron chi connectivity index (χ4n) is 4.36. The summed E-state index contributed by atoms with van der Waals surface area (Å²) in [5.74, 6) is 0.391. The summed E-state index contributed by atoms with van der Waals surface area (Å²) >= 11 is 0. The van der Waals surface area contributed by atoms with E-state index in [1.165, 1.54) is 12.1 Å². The number of benzene rings is 4. The second-order valence-corrected chi connectivity index (χ2v) is 8.30. The first-order valence-corrected chi connectivity index (χ1v) is 10.7. The molecule has 0 aromatic heterocycles. The van der Waals surface area contributed by atoms with Crippen molar-refractivity contribution in [3.8, 4) is 34.5 Å². The van der Waals surface area contributed by atoms with E-state index in [-0.39, 0.29) is 34.7 Å². The summed E-state index contributed by atoms with van der Waals surface area (Å²) in [5.41, 5.74) is 3.94. The van der Waals surface area contributed by atoms with Gasteiger partial charge in [-0.2, -0.15) is 0 Å². The van der Waals surface area contributed by atoms with Gasteiger partial charge >= 0.3 is 0 Å². The Labute approximate surface area is 195 Å². The van der Waals surface area contributed by atoms with E-state index in [4.69, 9.17) is 4.74 Å². The molecule has 0 saturated carbocycles. The van der Waals surface area contributed by atoms with Gasteiger partial charge in [0.25, 0.3) is 0 Å². The van der Waals surface area contributed by atoms with Crippen LogP contribution in [0.3, 0.4) is 0 Å². The average Bonchev–Trinajstić information content (AvgIpc) is 3.15. The van der Waals surface area contributed by atoms with E-state index in [0.29, 0.717) is 16.9 Å². The maximum Gasteiger partial charge on any atom is 0.135 e. The normalized spacial score (nSPS) is 16.9. The van der Waals surface area contributed by atoms with Crippen LogP contribution in [0.2, 0.25) is 0 Å². The van der Waals surface area contributed by atoms with Gasteiger partial charge in [-0.25, -0.2) is 0 Å². The lowest BCUT2D eigenvalue weighted by Gasteiger charge is -2.20. The molecule has 4 aromatic carbocycles. The molecule has 2 atom stereocenters. The van der Waals surface area contributed by atoms with E-state index in [2.05, 4.69) is 0 Å². The van der Waals surface area contributed by atoms with Gasteiger partial charge in [0.15, 0.2) is 0 Å². The number of hydrogen-bond acceptors (Lipinski definition) is 6. The molecule has 4 aromatic rings. The zero-order valence-corrected chi connectivity index (χ0v) is 18.0. The first-order valence-electron chi connectivity index (χ1n) is 10.7. The number of phenols is 5. The summed E-state index contributed by atoms with van der Waals surface area (Å²) in [7, 11) is 0. The summed E-state index contributed by atoms with van der Waals surface area (Å²) in [6.45, 7) is 0. The summed E-state index contributed by atoms with van der Waals surface area (Å²) in [5, 5.41) is 49.2. The fourth-order valence-corrected chi connectivity index (χ4v) is 4.36. The van der Waals surface area contributed by atoms with Crippen molar-refractivity contribution in [1.82, 2.24) is 0 Å². The summed E-state index contributed by atoms with van der Waals surface area (Å²) in [4.78, 5) is 0. The highest BCUT2D eigenvalue weighted by Crippen LogP contribution is 2.51. The van der Waals surface area contributed by atoms with Gasteiger partial charge in [0.05, 0.1) is 5.92 Å². The largest absolute Gasteiger partial charge is 0.508 e. The van der Waals surface area contributed by atoms with Gasteiger partial charge < -0.3 is 30.3 Å². The molecule has 0 amide bonds. The van der Waals surface area contributed by atoms with Crippen molar-refractivity contribution >= 4 is 12.2 Å². The van der Waals surface area contributed by atoms with Crippen molar-refractivity contribution in [2.75, 3.05) is 0 Å². The van der Waals surface area contributed by atoms with Crippen LogP contribution in [0.5, 0.6) is 34.5 Å². The van der Waals surface area contributed by atoms with Crippen molar-refractivity contribution < 1.29 is 30.3 Å². The minimum Gasteiger partial charge on any atom is -0.508 e. The Bertz CT molecular complexity index is 1350. The standard InChI is InChI=1S/C28H22O6/c29-20-6-4-18(5-7-20)28-27(19-12-23(32)15-24(33)13-19)25-8-3-16(11-26(25)34-28)1-2-17-9-21(30)14-22(31)10-17/h1-15,27-33H/b2-1+. The molecule has 170 valence electrons. The third-order valence-electron chi connectivity index (χ3n) is 5.83. The Balaban J connectivity index is 1.54. The smallest absolute Gasteiger partial charge is 0.135 e. The van der Waals surface area contributed by atoms with Gasteiger partial charge in [0.1, 0.15) is 40.6 Å². The Morgan fingerprint density at radius 2 is 1.12 bits per heavy atom. The Morgan fingerprint density at radius 3 is 1.76 bits per heavy atom. The minimum atomic E-state index is -0.431. The molecule has 0 aliphatic carbocycles. The maximum absolute atomic E-state index is 10.1. The molecule has 0 spiro atoms. The number of phenolic OH excluding ortho intramolecular Hbond substituents is 5. The van der Waals surface area contributed by atoms with E-state index in [9.17, 15) is 25.5 Å². The van der Waals surface area contributed by atoms with Gasteiger partial charge in [-0.05, 0) is 64.7 Å². The molecule has 5 N–H and O–H groups in total. The molecule has 1 heterocycles. The van der Waals surface area contributed by atoms with Crippen LogP contribution >= 0.6 is 0 Å². The van der Waals surface area contributed by atoms with Crippen molar-refractivity contribution in [2.24, 2.45) is 0 Å². The van der Waals surface area contributed by atoms with Gasteiger partial charge in [-0.3, -0.25) is 0 Å². The number of fused-ring (bicyclic) bond motifs is 1. The molecule has 1 aliphatic heterocycles. The van der Waals surface area contributed by atoms with Crippen LogP contribution in [0.1, 0.15) is 39.8 Å². The first-order chi connectivity index (χ1) is 16.4. The molecule has 0 saturated heterocycles. The monoisotopic (exact) mass is 454 g/mol. The molecule has 0 radical (unpaired) electrons. The molecule has 5 rings (SSSR count). The number of aromatic hydroxyl groups is 5. The lowest BCUT2D eigenvalue weighted by molar-refractivity contribution is 0.222. The lowest BCUT2D eigenvalue weighted by Crippen LogP contribution is -2.11. The molecular formula is C28H22O6. The minimum absolute atomic E-state index is 0.0223. The average molecular weight is 454 g/mol. The predicted octanol–water partition coefficient (Wildman–Crippen LogP) is 5.65. The maximum atomic E-state index is 10.1. The predicted molar refractivity (Wildman–Crippen MR) is 128 cm³/mol. The van der Waals surface area contributed by atoms with E-state index in [1.807, 2.05) is 24.3 Å². The van der Waals surface area contributed by atoms with Crippen LogP contribution in [0.25, 0.3) is 12.2 Å². The summed E-state index contributed by atoms with van der Waals surface area (Å²) in [6.07, 6.45) is 3.19. The van der Waals surface area contributed by atoms with Crippen LogP contribution < -0.4 is 4.74 Å². The molecular weight excluding hydrogens is 432 g/mol. The van der Waals surface area contributed by atoms with E-state index >= 15 is 0 Å². The van der Waals surface area contributed by atoms with Crippen LogP contribution in [-0.4, -0.2) is 25.5 Å². The number of rotatable bonds is 4. The number of ether oxygens (including phenoxy) is 1. The molecule has 0 bridgehead atoms. The summed E-state index contributed by atoms with van der Waals surface area (Å²) in [6, 6.07) is 21.4. The van der Waals surface area contributed by atoms with Gasteiger partial charge in [0.2, 0.25) is 0 Å². The molecule has 2 unspecified atom stereocenters. The third-order valence-corrected chi connectivity index (χ3v) is 5.83. The van der Waals surface area contributed by atoms with Crippen LogP contribution in [-0.2, 0) is 0 Å². The molecule has 0 fully saturated rings. The zero-order chi connectivity index (χ0) is 23.8. The third kappa shape index (κ3) is 4.21. The highest BCUT2D eigenvalue weighted by molar-refractivity contribution is 5.72. The highest BCUT2D eigenvalue weighted by Gasteiger charge is 2.37. The second kappa shape index (κ2) is 8.41. The van der Waals surface area contributed by atoms with Crippen molar-refractivity contribution in [3.63, 3.8) is 0 Å². The Hall–Kier alpha value is -4.58. The van der Waals surface area contributed by atoms with Gasteiger partial charge in [0, 0.05) is 17.7 Å². The zero-order valence-electron chi connectivity index (χ0n) is 18.0. The fraction of sp³-hybridized carbons (Fsp3) is 0.0714. The Kier molecular flexibility index (Phi) is 5.26. The molecule has 34 heavy (non-hydrogen) atoms. The quantitative estimate of drug-likeness (QED) is 0.255. The van der Waals surface area contributed by atoms with Crippen LogP contribution in [0, 0.1) is 0 Å². The topological polar surface area (TPSA) is 110 Å². The van der Waals surface area contributed by atoms with Gasteiger partial charge in [-0.1, -0.05) is 36.4 Å². The van der Waals surface area contributed by atoms with E-state index in [0.717, 1.165) is 16.7 Å². The van der Waals surface area contributed by atoms with Crippen LogP contribution in [0.15, 0.2) is 78.9 Å². The SMILES string of the molecule is Oc1ccc(C2Oc3cc(/C=C/c4cc(O)cc(O)c4)ccc3C2c2cc(O)cc(O)c2)cc1. The van der Waals surface area contributed by atoms with Crippen LogP contribution in [0.4, 0.5) is 0 Å². The van der Waals surface area contributed by atoms with E-state index in [1.54, 1.807) is 54.6 Å². The summed E-state index contributed by atoms with van der Waals surface area (Å²) < 4.78 is 6.35.